The van der Waals surface area contributed by atoms with Gasteiger partial charge >= 0.3 is 12.0 Å². The fourth-order valence-electron chi connectivity index (χ4n) is 3.23. The molecule has 0 aliphatic heterocycles. The van der Waals surface area contributed by atoms with Crippen molar-refractivity contribution in [3.8, 4) is 0 Å². The average Bonchev–Trinajstić information content (AvgIpc) is 2.87. The number of hydrogen-bond acceptors (Lipinski definition) is 8. The number of carboxylic acids is 1. The molecule has 0 aliphatic rings. The Morgan fingerprint density at radius 1 is 0.868 bits per heavy atom. The largest absolute Gasteiger partial charge is 0.481 e. The first kappa shape index (κ1) is 28.2. The number of hydrogen-bond donors (Lipinski definition) is 3. The van der Waals surface area contributed by atoms with Gasteiger partial charge in [0.15, 0.2) is 0 Å². The molecule has 0 fully saturated rings. The van der Waals surface area contributed by atoms with E-state index in [4.69, 9.17) is 5.11 Å². The van der Waals surface area contributed by atoms with Gasteiger partial charge in [0.1, 0.15) is 0 Å². The Balaban J connectivity index is 1.75. The van der Waals surface area contributed by atoms with Gasteiger partial charge in [-0.3, -0.25) is 14.9 Å². The minimum Gasteiger partial charge on any atom is -0.481 e. The van der Waals surface area contributed by atoms with Crippen LogP contribution in [0, 0.1) is 10.1 Å². The molecule has 0 aromatic heterocycles. The molecular formula is C23H22N4O9S2. The summed E-state index contributed by atoms with van der Waals surface area (Å²) in [5.41, 5.74) is 0.314. The number of carbonyl (C=O) groups is 2. The van der Waals surface area contributed by atoms with Crippen LogP contribution >= 0.6 is 0 Å². The number of nitrogens with one attached hydrogen (secondary N) is 2. The molecule has 13 nitrogen and oxygen atoms in total. The number of rotatable bonds is 11. The van der Waals surface area contributed by atoms with Crippen LogP contribution in [0.25, 0.3) is 0 Å². The molecule has 0 spiro atoms. The minimum atomic E-state index is -4.22. The summed E-state index contributed by atoms with van der Waals surface area (Å²) in [5, 5.41) is 22.2. The maximum atomic E-state index is 13.2. The van der Waals surface area contributed by atoms with Gasteiger partial charge in [0.05, 0.1) is 21.1 Å². The first-order valence-corrected chi connectivity index (χ1v) is 13.7. The smallest absolute Gasteiger partial charge is 0.333 e. The van der Waals surface area contributed by atoms with Crippen LogP contribution in [0.1, 0.15) is 12.0 Å². The highest BCUT2D eigenvalue weighted by molar-refractivity contribution is 7.90. The molecule has 2 amide bonds. The lowest BCUT2D eigenvalue weighted by molar-refractivity contribution is -0.384. The van der Waals surface area contributed by atoms with Crippen molar-refractivity contribution in [2.75, 3.05) is 11.9 Å². The van der Waals surface area contributed by atoms with E-state index in [-0.39, 0.29) is 34.3 Å². The fourth-order valence-corrected chi connectivity index (χ4v) is 5.59. The number of aliphatic carboxylic acids is 1. The Hall–Kier alpha value is -4.34. The highest BCUT2D eigenvalue weighted by atomic mass is 32.2. The molecule has 15 heteroatoms. The first-order chi connectivity index (χ1) is 17.9. The number of carbonyl (C=O) groups excluding carboxylic acids is 1. The van der Waals surface area contributed by atoms with Crippen LogP contribution in [-0.2, 0) is 31.4 Å². The third-order valence-corrected chi connectivity index (χ3v) is 8.32. The van der Waals surface area contributed by atoms with Crippen LogP contribution in [0.3, 0.4) is 0 Å². The van der Waals surface area contributed by atoms with E-state index in [1.54, 1.807) is 6.07 Å². The van der Waals surface area contributed by atoms with Crippen LogP contribution in [-0.4, -0.2) is 49.7 Å². The normalized spacial score (nSPS) is 11.6. The van der Waals surface area contributed by atoms with Crippen LogP contribution in [0.4, 0.5) is 16.2 Å². The number of anilines is 1. The molecule has 3 aromatic carbocycles. The van der Waals surface area contributed by atoms with Crippen molar-refractivity contribution in [3.63, 3.8) is 0 Å². The number of nitrogens with zero attached hydrogens (tertiary/aromatic N) is 2. The maximum Gasteiger partial charge on any atom is 0.333 e. The lowest BCUT2D eigenvalue weighted by Crippen LogP contribution is -2.34. The van der Waals surface area contributed by atoms with Gasteiger partial charge in [-0.1, -0.05) is 30.3 Å². The summed E-state index contributed by atoms with van der Waals surface area (Å²) in [7, 11) is -8.34. The molecular weight excluding hydrogens is 540 g/mol. The molecule has 38 heavy (non-hydrogen) atoms. The van der Waals surface area contributed by atoms with Crippen molar-refractivity contribution in [1.29, 1.82) is 0 Å². The zero-order chi connectivity index (χ0) is 27.9. The second-order valence-electron chi connectivity index (χ2n) is 7.80. The first-order valence-electron chi connectivity index (χ1n) is 10.8. The molecule has 0 radical (unpaired) electrons. The van der Waals surface area contributed by atoms with Gasteiger partial charge in [-0.15, -0.1) is 0 Å². The second kappa shape index (κ2) is 11.8. The number of sulfonamides is 2. The predicted molar refractivity (Wildman–Crippen MR) is 135 cm³/mol. The Bertz CT molecular complexity index is 1530. The van der Waals surface area contributed by atoms with Gasteiger partial charge in [0.25, 0.3) is 15.7 Å². The average molecular weight is 563 g/mol. The summed E-state index contributed by atoms with van der Waals surface area (Å²) < 4.78 is 53.8. The highest BCUT2D eigenvalue weighted by Gasteiger charge is 2.26. The summed E-state index contributed by atoms with van der Waals surface area (Å²) in [5.74, 6) is -1.22. The number of benzene rings is 3. The van der Waals surface area contributed by atoms with Crippen molar-refractivity contribution in [1.82, 2.24) is 9.03 Å². The van der Waals surface area contributed by atoms with E-state index in [1.807, 2.05) is 4.72 Å². The van der Waals surface area contributed by atoms with Gasteiger partial charge in [0, 0.05) is 30.9 Å². The van der Waals surface area contributed by atoms with Crippen molar-refractivity contribution >= 4 is 43.4 Å². The molecule has 3 rings (SSSR count). The Kier molecular flexibility index (Phi) is 8.77. The molecule has 0 unspecified atom stereocenters. The van der Waals surface area contributed by atoms with Crippen molar-refractivity contribution in [2.45, 2.75) is 22.8 Å². The van der Waals surface area contributed by atoms with Crippen molar-refractivity contribution in [2.24, 2.45) is 0 Å². The van der Waals surface area contributed by atoms with E-state index >= 15 is 0 Å². The van der Waals surface area contributed by atoms with E-state index in [9.17, 15) is 36.5 Å². The number of carboxylic acid groups (broad SMARTS) is 1. The lowest BCUT2D eigenvalue weighted by Gasteiger charge is -2.22. The number of amides is 2. The highest BCUT2D eigenvalue weighted by Crippen LogP contribution is 2.22. The van der Waals surface area contributed by atoms with Gasteiger partial charge in [-0.25, -0.2) is 26.4 Å². The van der Waals surface area contributed by atoms with Crippen LogP contribution in [0.15, 0.2) is 88.7 Å². The molecule has 0 saturated heterocycles. The number of urea groups is 1. The number of nitro groups is 1. The zero-order valence-corrected chi connectivity index (χ0v) is 21.2. The third kappa shape index (κ3) is 7.34. The second-order valence-corrected chi connectivity index (χ2v) is 11.4. The Morgan fingerprint density at radius 3 is 2.03 bits per heavy atom. The van der Waals surface area contributed by atoms with E-state index in [0.717, 1.165) is 4.31 Å². The topological polar surface area (TPSA) is 193 Å². The SMILES string of the molecule is O=C(O)CCN(Cc1ccc([N+](=O)[O-])cc1)S(=O)(=O)c1ccc(NC(=O)NS(=O)(=O)c2ccccc2)cc1. The van der Waals surface area contributed by atoms with Gasteiger partial charge in [-0.2, -0.15) is 4.31 Å². The summed E-state index contributed by atoms with van der Waals surface area (Å²) in [6.07, 6.45) is -0.484. The van der Waals surface area contributed by atoms with E-state index in [1.165, 1.54) is 72.8 Å². The van der Waals surface area contributed by atoms with Crippen LogP contribution < -0.4 is 10.0 Å². The van der Waals surface area contributed by atoms with Crippen LogP contribution in [0.5, 0.6) is 0 Å². The maximum absolute atomic E-state index is 13.2. The van der Waals surface area contributed by atoms with E-state index < -0.39 is 43.4 Å². The predicted octanol–water partition coefficient (Wildman–Crippen LogP) is 2.77. The lowest BCUT2D eigenvalue weighted by atomic mass is 10.2. The Morgan fingerprint density at radius 2 is 1.47 bits per heavy atom. The number of non-ortho nitro benzene ring substituents is 1. The summed E-state index contributed by atoms with van der Waals surface area (Å²) in [6.45, 7) is -0.609. The third-order valence-electron chi connectivity index (χ3n) is 5.11. The van der Waals surface area contributed by atoms with Gasteiger partial charge in [-0.05, 0) is 42.0 Å². The molecule has 0 saturated carbocycles. The molecule has 200 valence electrons. The van der Waals surface area contributed by atoms with E-state index in [2.05, 4.69) is 5.32 Å². The zero-order valence-electron chi connectivity index (χ0n) is 19.6. The van der Waals surface area contributed by atoms with Crippen molar-refractivity contribution < 1.29 is 36.5 Å². The summed E-state index contributed by atoms with van der Waals surface area (Å²) >= 11 is 0. The number of nitro benzene ring substituents is 1. The molecule has 0 aliphatic carbocycles. The molecule has 0 heterocycles. The fraction of sp³-hybridized carbons (Fsp3) is 0.130. The van der Waals surface area contributed by atoms with Crippen molar-refractivity contribution in [3.05, 3.63) is 94.5 Å². The standard InChI is InChI=1S/C23H22N4O9S2/c28-22(29)14-15-26(16-17-6-10-19(11-7-17)27(31)32)38(35,36)21-12-8-18(9-13-21)24-23(30)25-37(33,34)20-4-2-1-3-5-20/h1-13H,14-16H2,(H,28,29)(H2,24,25,30). The monoisotopic (exact) mass is 562 g/mol. The van der Waals surface area contributed by atoms with Gasteiger partial charge < -0.3 is 10.4 Å². The summed E-state index contributed by atoms with van der Waals surface area (Å²) in [4.78, 5) is 33.2. The minimum absolute atomic E-state index is 0.0946. The Labute approximate surface area is 218 Å². The van der Waals surface area contributed by atoms with Crippen LogP contribution in [0.2, 0.25) is 0 Å². The van der Waals surface area contributed by atoms with Gasteiger partial charge in [0.2, 0.25) is 10.0 Å². The molecule has 3 aromatic rings. The molecule has 0 atom stereocenters. The quantitative estimate of drug-likeness (QED) is 0.233. The molecule has 0 bridgehead atoms. The molecule has 3 N–H and O–H groups in total. The van der Waals surface area contributed by atoms with E-state index in [0.29, 0.717) is 5.56 Å². The summed E-state index contributed by atoms with van der Waals surface area (Å²) in [6, 6.07) is 16.1.